The Morgan fingerprint density at radius 1 is 1.19 bits per heavy atom. The Bertz CT molecular complexity index is 1010. The van der Waals surface area contributed by atoms with Crippen molar-refractivity contribution in [1.82, 2.24) is 0 Å². The predicted octanol–water partition coefficient (Wildman–Crippen LogP) is 4.30. The Hall–Kier alpha value is -3.15. The molecule has 3 rings (SSSR count). The van der Waals surface area contributed by atoms with Crippen LogP contribution in [0.5, 0.6) is 0 Å². The van der Waals surface area contributed by atoms with Crippen LogP contribution in [0, 0.1) is 19.7 Å². The zero-order valence-electron chi connectivity index (χ0n) is 15.3. The number of hydrogen-bond acceptors (Lipinski definition) is 4. The number of amides is 1. The number of halogens is 1. The van der Waals surface area contributed by atoms with Crippen LogP contribution >= 0.6 is 0 Å². The molecule has 0 saturated carbocycles. The number of nitrogens with one attached hydrogen (secondary N) is 1. The molecule has 6 heteroatoms. The van der Waals surface area contributed by atoms with Crippen LogP contribution in [0.15, 0.2) is 47.1 Å². The molecule has 1 amide bonds. The van der Waals surface area contributed by atoms with Gasteiger partial charge in [-0.2, -0.15) is 0 Å². The molecule has 0 saturated heterocycles. The van der Waals surface area contributed by atoms with Crippen molar-refractivity contribution >= 4 is 28.5 Å². The van der Waals surface area contributed by atoms with E-state index in [0.717, 1.165) is 16.5 Å². The maximum absolute atomic E-state index is 13.2. The molecule has 0 fully saturated rings. The smallest absolute Gasteiger partial charge is 0.311 e. The van der Waals surface area contributed by atoms with E-state index >= 15 is 0 Å². The molecule has 140 valence electrons. The van der Waals surface area contributed by atoms with Gasteiger partial charge >= 0.3 is 5.97 Å². The number of ether oxygens (including phenoxy) is 1. The van der Waals surface area contributed by atoms with Gasteiger partial charge in [0.1, 0.15) is 11.4 Å². The highest BCUT2D eigenvalue weighted by molar-refractivity contribution is 5.95. The van der Waals surface area contributed by atoms with Gasteiger partial charge in [-0.3, -0.25) is 9.59 Å². The first-order chi connectivity index (χ1) is 12.8. The second-order valence-corrected chi connectivity index (χ2v) is 6.50. The zero-order chi connectivity index (χ0) is 19.6. The summed E-state index contributed by atoms with van der Waals surface area (Å²) in [5, 5.41) is 3.37. The Labute approximate surface area is 156 Å². The standard InChI is InChI=1S/C21H20FNO4/c1-12-7-18-15(11-26-19(18)8-13(12)2)9-20(24)27-14(3)21(25)23-17-6-4-5-16(22)10-17/h4-8,10-11,14H,9H2,1-3H3,(H,23,25). The van der Waals surface area contributed by atoms with E-state index in [-0.39, 0.29) is 6.42 Å². The van der Waals surface area contributed by atoms with Crippen molar-refractivity contribution in [3.8, 4) is 0 Å². The first-order valence-corrected chi connectivity index (χ1v) is 8.56. The molecule has 0 spiro atoms. The Morgan fingerprint density at radius 2 is 1.93 bits per heavy atom. The molecule has 5 nitrogen and oxygen atoms in total. The van der Waals surface area contributed by atoms with Gasteiger partial charge in [0.15, 0.2) is 6.10 Å². The van der Waals surface area contributed by atoms with E-state index in [0.29, 0.717) is 16.8 Å². The number of anilines is 1. The second kappa shape index (κ2) is 7.61. The van der Waals surface area contributed by atoms with E-state index in [1.165, 1.54) is 31.4 Å². The number of esters is 1. The third-order valence-corrected chi connectivity index (χ3v) is 4.37. The number of benzene rings is 2. The molecular formula is C21H20FNO4. The lowest BCUT2D eigenvalue weighted by molar-refractivity contribution is -0.152. The van der Waals surface area contributed by atoms with Crippen molar-refractivity contribution in [2.45, 2.75) is 33.3 Å². The fourth-order valence-corrected chi connectivity index (χ4v) is 2.73. The lowest BCUT2D eigenvalue weighted by Crippen LogP contribution is -2.30. The highest BCUT2D eigenvalue weighted by Crippen LogP contribution is 2.25. The van der Waals surface area contributed by atoms with Crippen LogP contribution in [0.3, 0.4) is 0 Å². The summed E-state index contributed by atoms with van der Waals surface area (Å²) in [5.74, 6) is -1.54. The van der Waals surface area contributed by atoms with E-state index in [1.807, 2.05) is 26.0 Å². The number of fused-ring (bicyclic) bond motifs is 1. The molecule has 0 bridgehead atoms. The third-order valence-electron chi connectivity index (χ3n) is 4.37. The molecule has 1 atom stereocenters. The second-order valence-electron chi connectivity index (χ2n) is 6.50. The van der Waals surface area contributed by atoms with Crippen molar-refractivity contribution in [1.29, 1.82) is 0 Å². The average molecular weight is 369 g/mol. The molecule has 3 aromatic rings. The average Bonchev–Trinajstić information content (AvgIpc) is 2.97. The minimum Gasteiger partial charge on any atom is -0.464 e. The summed E-state index contributed by atoms with van der Waals surface area (Å²) in [6, 6.07) is 9.39. The molecule has 1 unspecified atom stereocenters. The molecule has 0 aliphatic rings. The molecular weight excluding hydrogens is 349 g/mol. The Kier molecular flexibility index (Phi) is 5.26. The minimum absolute atomic E-state index is 0.00686. The van der Waals surface area contributed by atoms with Crippen molar-refractivity contribution < 1.29 is 23.1 Å². The first-order valence-electron chi connectivity index (χ1n) is 8.56. The molecule has 0 aliphatic heterocycles. The van der Waals surface area contributed by atoms with E-state index < -0.39 is 23.8 Å². The summed E-state index contributed by atoms with van der Waals surface area (Å²) in [5.41, 5.74) is 3.91. The summed E-state index contributed by atoms with van der Waals surface area (Å²) >= 11 is 0. The van der Waals surface area contributed by atoms with Crippen LogP contribution in [0.2, 0.25) is 0 Å². The maximum atomic E-state index is 13.2. The van der Waals surface area contributed by atoms with Gasteiger partial charge in [-0.15, -0.1) is 0 Å². The van der Waals surface area contributed by atoms with E-state index in [1.54, 1.807) is 6.07 Å². The van der Waals surface area contributed by atoms with Crippen LogP contribution in [-0.4, -0.2) is 18.0 Å². The molecule has 0 aliphatic carbocycles. The van der Waals surface area contributed by atoms with Crippen molar-refractivity contribution in [3.63, 3.8) is 0 Å². The van der Waals surface area contributed by atoms with Gasteiger partial charge in [0.2, 0.25) is 0 Å². The molecule has 27 heavy (non-hydrogen) atoms. The minimum atomic E-state index is -1.01. The highest BCUT2D eigenvalue weighted by Gasteiger charge is 2.20. The number of furan rings is 1. The van der Waals surface area contributed by atoms with Crippen molar-refractivity contribution in [2.24, 2.45) is 0 Å². The quantitative estimate of drug-likeness (QED) is 0.681. The number of rotatable bonds is 5. The van der Waals surface area contributed by atoms with Crippen LogP contribution in [0.25, 0.3) is 11.0 Å². The zero-order valence-corrected chi connectivity index (χ0v) is 15.3. The maximum Gasteiger partial charge on any atom is 0.311 e. The van der Waals surface area contributed by atoms with E-state index in [4.69, 9.17) is 9.15 Å². The lowest BCUT2D eigenvalue weighted by Gasteiger charge is -2.13. The van der Waals surface area contributed by atoms with Crippen molar-refractivity contribution in [2.75, 3.05) is 5.32 Å². The number of hydrogen-bond donors (Lipinski definition) is 1. The molecule has 0 radical (unpaired) electrons. The predicted molar refractivity (Wildman–Crippen MR) is 100.0 cm³/mol. The summed E-state index contributed by atoms with van der Waals surface area (Å²) < 4.78 is 23.9. The van der Waals surface area contributed by atoms with Crippen LogP contribution in [0.4, 0.5) is 10.1 Å². The Morgan fingerprint density at radius 3 is 2.67 bits per heavy atom. The molecule has 1 heterocycles. The Balaban J connectivity index is 1.63. The molecule has 2 aromatic carbocycles. The van der Waals surface area contributed by atoms with Gasteiger partial charge in [-0.25, -0.2) is 4.39 Å². The fraction of sp³-hybridized carbons (Fsp3) is 0.238. The van der Waals surface area contributed by atoms with Crippen LogP contribution in [-0.2, 0) is 20.7 Å². The van der Waals surface area contributed by atoms with Gasteiger partial charge in [0.25, 0.3) is 5.91 Å². The largest absolute Gasteiger partial charge is 0.464 e. The van der Waals surface area contributed by atoms with E-state index in [9.17, 15) is 14.0 Å². The highest BCUT2D eigenvalue weighted by atomic mass is 19.1. The summed E-state index contributed by atoms with van der Waals surface area (Å²) in [4.78, 5) is 24.4. The topological polar surface area (TPSA) is 68.5 Å². The molecule has 1 N–H and O–H groups in total. The van der Waals surface area contributed by atoms with Gasteiger partial charge in [-0.05, 0) is 62.2 Å². The van der Waals surface area contributed by atoms with Gasteiger partial charge < -0.3 is 14.5 Å². The fourth-order valence-electron chi connectivity index (χ4n) is 2.73. The number of carbonyl (C=O) groups is 2. The van der Waals surface area contributed by atoms with Gasteiger partial charge in [-0.1, -0.05) is 6.07 Å². The van der Waals surface area contributed by atoms with Crippen molar-refractivity contribution in [3.05, 3.63) is 65.2 Å². The number of aryl methyl sites for hydroxylation is 2. The third kappa shape index (κ3) is 4.34. The lowest BCUT2D eigenvalue weighted by atomic mass is 10.0. The summed E-state index contributed by atoms with van der Waals surface area (Å²) in [6.45, 7) is 5.44. The van der Waals surface area contributed by atoms with E-state index in [2.05, 4.69) is 5.32 Å². The molecule has 1 aromatic heterocycles. The van der Waals surface area contributed by atoms with Crippen LogP contribution in [0.1, 0.15) is 23.6 Å². The van der Waals surface area contributed by atoms with Gasteiger partial charge in [0.05, 0.1) is 12.7 Å². The normalized spacial score (nSPS) is 12.0. The van der Waals surface area contributed by atoms with Gasteiger partial charge in [0, 0.05) is 16.6 Å². The van der Waals surface area contributed by atoms with Crippen LogP contribution < -0.4 is 5.32 Å². The summed E-state index contributed by atoms with van der Waals surface area (Å²) in [6.07, 6.45) is 0.512. The summed E-state index contributed by atoms with van der Waals surface area (Å²) in [7, 11) is 0. The SMILES string of the molecule is Cc1cc2occ(CC(=O)OC(C)C(=O)Nc3cccc(F)c3)c2cc1C. The number of carbonyl (C=O) groups excluding carboxylic acids is 2. The first kappa shape index (κ1) is 18.6. The monoisotopic (exact) mass is 369 g/mol.